The molecule has 1 N–H and O–H groups in total. The van der Waals surface area contributed by atoms with Gasteiger partial charge in [0.25, 0.3) is 5.91 Å². The fourth-order valence-corrected chi connectivity index (χ4v) is 3.45. The SMILES string of the molecule is Cc1nc2cc(C(=O)OCC(=O)Nc3ccnn3C(C)C)ccc2n1-c1ccccc1. The minimum atomic E-state index is -0.582. The lowest BCUT2D eigenvalue weighted by molar-refractivity contribution is -0.119. The van der Waals surface area contributed by atoms with Crippen LogP contribution in [0.5, 0.6) is 0 Å². The third-order valence-electron chi connectivity index (χ3n) is 4.83. The lowest BCUT2D eigenvalue weighted by Gasteiger charge is -2.12. The second-order valence-corrected chi connectivity index (χ2v) is 7.41. The van der Waals surface area contributed by atoms with Crippen LogP contribution in [0.15, 0.2) is 60.8 Å². The lowest BCUT2D eigenvalue weighted by atomic mass is 10.2. The van der Waals surface area contributed by atoms with E-state index in [1.165, 1.54) is 0 Å². The number of carbonyl (C=O) groups excluding carboxylic acids is 2. The molecule has 0 bridgehead atoms. The van der Waals surface area contributed by atoms with E-state index in [1.807, 2.05) is 61.7 Å². The Morgan fingerprint density at radius 1 is 1.10 bits per heavy atom. The van der Waals surface area contributed by atoms with E-state index in [-0.39, 0.29) is 6.04 Å². The third-order valence-corrected chi connectivity index (χ3v) is 4.83. The molecular formula is C23H23N5O3. The molecule has 8 nitrogen and oxygen atoms in total. The van der Waals surface area contributed by atoms with E-state index in [0.29, 0.717) is 16.9 Å². The van der Waals surface area contributed by atoms with Crippen molar-refractivity contribution < 1.29 is 14.3 Å². The van der Waals surface area contributed by atoms with Crippen LogP contribution in [-0.2, 0) is 9.53 Å². The number of para-hydroxylation sites is 1. The first-order valence-electron chi connectivity index (χ1n) is 9.99. The van der Waals surface area contributed by atoms with Gasteiger partial charge >= 0.3 is 5.97 Å². The number of nitrogens with one attached hydrogen (secondary N) is 1. The lowest BCUT2D eigenvalue weighted by Crippen LogP contribution is -2.23. The van der Waals surface area contributed by atoms with Crippen molar-refractivity contribution in [3.05, 3.63) is 72.2 Å². The van der Waals surface area contributed by atoms with E-state index in [4.69, 9.17) is 4.74 Å². The number of aromatic nitrogens is 4. The molecule has 0 radical (unpaired) electrons. The number of hydrogen-bond acceptors (Lipinski definition) is 5. The van der Waals surface area contributed by atoms with Crippen molar-refractivity contribution in [1.82, 2.24) is 19.3 Å². The number of benzene rings is 2. The summed E-state index contributed by atoms with van der Waals surface area (Å²) in [7, 11) is 0. The molecule has 31 heavy (non-hydrogen) atoms. The molecule has 0 spiro atoms. The van der Waals surface area contributed by atoms with Gasteiger partial charge in [-0.05, 0) is 51.1 Å². The number of rotatable bonds is 6. The van der Waals surface area contributed by atoms with Gasteiger partial charge in [0, 0.05) is 17.8 Å². The van der Waals surface area contributed by atoms with Gasteiger partial charge in [-0.25, -0.2) is 14.5 Å². The van der Waals surface area contributed by atoms with Crippen LogP contribution in [0.4, 0.5) is 5.82 Å². The Balaban J connectivity index is 1.46. The van der Waals surface area contributed by atoms with E-state index in [1.54, 1.807) is 29.1 Å². The molecule has 8 heteroatoms. The Kier molecular flexibility index (Phi) is 5.53. The summed E-state index contributed by atoms with van der Waals surface area (Å²) in [5.41, 5.74) is 2.90. The number of carbonyl (C=O) groups is 2. The van der Waals surface area contributed by atoms with Crippen LogP contribution in [0, 0.1) is 6.92 Å². The monoisotopic (exact) mass is 417 g/mol. The zero-order chi connectivity index (χ0) is 22.0. The van der Waals surface area contributed by atoms with E-state index >= 15 is 0 Å². The van der Waals surface area contributed by atoms with Crippen LogP contribution in [0.2, 0.25) is 0 Å². The normalized spacial score (nSPS) is 11.1. The first kappa shape index (κ1) is 20.3. The maximum Gasteiger partial charge on any atom is 0.338 e. The van der Waals surface area contributed by atoms with Crippen LogP contribution in [0.1, 0.15) is 36.1 Å². The van der Waals surface area contributed by atoms with Crippen molar-refractivity contribution in [3.8, 4) is 5.69 Å². The van der Waals surface area contributed by atoms with Gasteiger partial charge in [-0.1, -0.05) is 18.2 Å². The molecule has 0 unspecified atom stereocenters. The minimum Gasteiger partial charge on any atom is -0.452 e. The molecular weight excluding hydrogens is 394 g/mol. The summed E-state index contributed by atoms with van der Waals surface area (Å²) < 4.78 is 8.90. The summed E-state index contributed by atoms with van der Waals surface area (Å²) in [4.78, 5) is 29.2. The van der Waals surface area contributed by atoms with E-state index in [9.17, 15) is 9.59 Å². The average Bonchev–Trinajstić information content (AvgIpc) is 3.35. The van der Waals surface area contributed by atoms with Crippen molar-refractivity contribution in [1.29, 1.82) is 0 Å². The molecule has 0 saturated carbocycles. The highest BCUT2D eigenvalue weighted by molar-refractivity contribution is 5.97. The van der Waals surface area contributed by atoms with Crippen molar-refractivity contribution in [3.63, 3.8) is 0 Å². The van der Waals surface area contributed by atoms with Crippen LogP contribution in [0.25, 0.3) is 16.7 Å². The summed E-state index contributed by atoms with van der Waals surface area (Å²) in [6.07, 6.45) is 1.60. The van der Waals surface area contributed by atoms with Gasteiger partial charge in [0.15, 0.2) is 6.61 Å². The number of imidazole rings is 1. The van der Waals surface area contributed by atoms with Gasteiger partial charge in [-0.2, -0.15) is 5.10 Å². The second-order valence-electron chi connectivity index (χ2n) is 7.41. The van der Waals surface area contributed by atoms with E-state index in [2.05, 4.69) is 15.4 Å². The first-order chi connectivity index (χ1) is 14.9. The molecule has 0 aliphatic carbocycles. The maximum absolute atomic E-state index is 12.5. The third kappa shape index (κ3) is 4.18. The highest BCUT2D eigenvalue weighted by Gasteiger charge is 2.16. The fourth-order valence-electron chi connectivity index (χ4n) is 3.45. The van der Waals surface area contributed by atoms with Crippen molar-refractivity contribution >= 4 is 28.7 Å². The second kappa shape index (κ2) is 8.43. The number of esters is 1. The number of fused-ring (bicyclic) bond motifs is 1. The average molecular weight is 417 g/mol. The summed E-state index contributed by atoms with van der Waals surface area (Å²) >= 11 is 0. The molecule has 2 aromatic heterocycles. The maximum atomic E-state index is 12.5. The number of aryl methyl sites for hydroxylation is 1. The van der Waals surface area contributed by atoms with Crippen molar-refractivity contribution in [2.45, 2.75) is 26.8 Å². The molecule has 0 aliphatic heterocycles. The summed E-state index contributed by atoms with van der Waals surface area (Å²) in [5, 5.41) is 6.86. The minimum absolute atomic E-state index is 0.0960. The number of amides is 1. The number of hydrogen-bond donors (Lipinski definition) is 1. The van der Waals surface area contributed by atoms with Crippen molar-refractivity contribution in [2.75, 3.05) is 11.9 Å². The number of nitrogens with zero attached hydrogens (tertiary/aromatic N) is 4. The molecule has 158 valence electrons. The van der Waals surface area contributed by atoms with Gasteiger partial charge in [0.05, 0.1) is 22.8 Å². The summed E-state index contributed by atoms with van der Waals surface area (Å²) in [6.45, 7) is 5.44. The predicted molar refractivity (Wildman–Crippen MR) is 117 cm³/mol. The Hall–Kier alpha value is -3.94. The van der Waals surface area contributed by atoms with Crippen LogP contribution < -0.4 is 5.32 Å². The molecule has 0 atom stereocenters. The van der Waals surface area contributed by atoms with Gasteiger partial charge in [0.2, 0.25) is 0 Å². The Labute approximate surface area is 179 Å². The molecule has 0 aliphatic rings. The molecule has 4 aromatic rings. The van der Waals surface area contributed by atoms with E-state index < -0.39 is 18.5 Å². The van der Waals surface area contributed by atoms with Gasteiger partial charge in [-0.3, -0.25) is 9.36 Å². The van der Waals surface area contributed by atoms with Gasteiger partial charge < -0.3 is 10.1 Å². The molecule has 4 rings (SSSR count). The number of anilines is 1. The zero-order valence-electron chi connectivity index (χ0n) is 17.6. The van der Waals surface area contributed by atoms with Crippen molar-refractivity contribution in [2.24, 2.45) is 0 Å². The predicted octanol–water partition coefficient (Wildman–Crippen LogP) is 3.91. The molecule has 0 saturated heterocycles. The van der Waals surface area contributed by atoms with Crippen LogP contribution >= 0.6 is 0 Å². The number of ether oxygens (including phenoxy) is 1. The fraction of sp³-hybridized carbons (Fsp3) is 0.217. The summed E-state index contributed by atoms with van der Waals surface area (Å²) in [5.74, 6) is 0.356. The smallest absolute Gasteiger partial charge is 0.338 e. The highest BCUT2D eigenvalue weighted by atomic mass is 16.5. The molecule has 0 fully saturated rings. The van der Waals surface area contributed by atoms with Crippen LogP contribution in [-0.4, -0.2) is 37.8 Å². The molecule has 2 heterocycles. The molecule has 1 amide bonds. The Morgan fingerprint density at radius 3 is 2.61 bits per heavy atom. The Morgan fingerprint density at radius 2 is 1.87 bits per heavy atom. The van der Waals surface area contributed by atoms with Crippen LogP contribution in [0.3, 0.4) is 0 Å². The quantitative estimate of drug-likeness (QED) is 0.481. The van der Waals surface area contributed by atoms with E-state index in [0.717, 1.165) is 17.0 Å². The highest BCUT2D eigenvalue weighted by Crippen LogP contribution is 2.22. The standard InChI is InChI=1S/C23H23N5O3/c1-15(2)28-21(11-12-24-28)26-22(29)14-31-23(30)17-9-10-20-19(13-17)25-16(3)27(20)18-7-5-4-6-8-18/h4-13,15H,14H2,1-3H3,(H,26,29). The Bertz CT molecular complexity index is 1240. The topological polar surface area (TPSA) is 91.0 Å². The zero-order valence-corrected chi connectivity index (χ0v) is 17.6. The van der Waals surface area contributed by atoms with Gasteiger partial charge in [0.1, 0.15) is 11.6 Å². The summed E-state index contributed by atoms with van der Waals surface area (Å²) in [6, 6.07) is 16.9. The largest absolute Gasteiger partial charge is 0.452 e. The first-order valence-corrected chi connectivity index (χ1v) is 9.99. The molecule has 2 aromatic carbocycles. The van der Waals surface area contributed by atoms with Gasteiger partial charge in [-0.15, -0.1) is 0 Å².